The van der Waals surface area contributed by atoms with E-state index in [0.717, 1.165) is 24.4 Å². The molecular weight excluding hydrogens is 252 g/mol. The Kier molecular flexibility index (Phi) is 4.40. The van der Waals surface area contributed by atoms with Crippen LogP contribution in [0.4, 0.5) is 11.4 Å². The Bertz CT molecular complexity index is 574. The highest BCUT2D eigenvalue weighted by molar-refractivity contribution is 5.92. The summed E-state index contributed by atoms with van der Waals surface area (Å²) >= 11 is 0. The largest absolute Gasteiger partial charge is 0.399 e. The number of nitrogen functional groups attached to an aromatic ring is 1. The van der Waals surface area contributed by atoms with E-state index in [1.54, 1.807) is 30.3 Å². The molecule has 0 saturated heterocycles. The van der Waals surface area contributed by atoms with Gasteiger partial charge in [-0.1, -0.05) is 6.92 Å². The lowest BCUT2D eigenvalue weighted by Gasteiger charge is -2.18. The van der Waals surface area contributed by atoms with Crippen molar-refractivity contribution >= 4 is 17.3 Å². The van der Waals surface area contributed by atoms with Crippen LogP contribution in [-0.4, -0.2) is 22.5 Å². The fourth-order valence-corrected chi connectivity index (χ4v) is 2.03. The van der Waals surface area contributed by atoms with E-state index < -0.39 is 0 Å². The third-order valence-corrected chi connectivity index (χ3v) is 3.24. The van der Waals surface area contributed by atoms with Crippen LogP contribution in [0.1, 0.15) is 19.2 Å². The van der Waals surface area contributed by atoms with E-state index in [4.69, 9.17) is 5.73 Å². The van der Waals surface area contributed by atoms with E-state index in [-0.39, 0.29) is 5.91 Å². The SMILES string of the molecule is CCCc1nccn1CC(=O)N(C)c1ccc(N)cc1. The lowest BCUT2D eigenvalue weighted by atomic mass is 10.2. The van der Waals surface area contributed by atoms with Crippen LogP contribution >= 0.6 is 0 Å². The van der Waals surface area contributed by atoms with Crippen LogP contribution in [0, 0.1) is 0 Å². The smallest absolute Gasteiger partial charge is 0.246 e. The Morgan fingerprint density at radius 1 is 1.35 bits per heavy atom. The Morgan fingerprint density at radius 2 is 2.05 bits per heavy atom. The van der Waals surface area contributed by atoms with Crippen molar-refractivity contribution in [1.29, 1.82) is 0 Å². The molecule has 0 aliphatic carbocycles. The maximum Gasteiger partial charge on any atom is 0.246 e. The number of imidazole rings is 1. The van der Waals surface area contributed by atoms with Gasteiger partial charge in [0.25, 0.3) is 0 Å². The topological polar surface area (TPSA) is 64.2 Å². The van der Waals surface area contributed by atoms with E-state index >= 15 is 0 Å². The molecule has 0 saturated carbocycles. The van der Waals surface area contributed by atoms with Crippen LogP contribution in [0.25, 0.3) is 0 Å². The van der Waals surface area contributed by atoms with Crippen LogP contribution in [0.15, 0.2) is 36.7 Å². The average molecular weight is 272 g/mol. The summed E-state index contributed by atoms with van der Waals surface area (Å²) < 4.78 is 1.90. The summed E-state index contributed by atoms with van der Waals surface area (Å²) in [5, 5.41) is 0. The first kappa shape index (κ1) is 14.1. The van der Waals surface area contributed by atoms with Crippen molar-refractivity contribution in [3.63, 3.8) is 0 Å². The van der Waals surface area contributed by atoms with Gasteiger partial charge >= 0.3 is 0 Å². The van der Waals surface area contributed by atoms with E-state index in [2.05, 4.69) is 11.9 Å². The molecule has 1 amide bonds. The first-order valence-corrected chi connectivity index (χ1v) is 6.74. The zero-order valence-corrected chi connectivity index (χ0v) is 11.9. The molecule has 5 heteroatoms. The summed E-state index contributed by atoms with van der Waals surface area (Å²) in [6.07, 6.45) is 5.48. The number of likely N-dealkylation sites (N-methyl/N-ethyl adjacent to an activating group) is 1. The van der Waals surface area contributed by atoms with Crippen molar-refractivity contribution < 1.29 is 4.79 Å². The molecule has 1 heterocycles. The number of amides is 1. The Balaban J connectivity index is 2.07. The van der Waals surface area contributed by atoms with Gasteiger partial charge in [0.15, 0.2) is 0 Å². The maximum atomic E-state index is 12.3. The van der Waals surface area contributed by atoms with Crippen LogP contribution < -0.4 is 10.6 Å². The Morgan fingerprint density at radius 3 is 2.70 bits per heavy atom. The summed E-state index contributed by atoms with van der Waals surface area (Å²) in [6, 6.07) is 7.26. The van der Waals surface area contributed by atoms with Gasteiger partial charge in [-0.25, -0.2) is 4.98 Å². The van der Waals surface area contributed by atoms with Gasteiger partial charge in [-0.2, -0.15) is 0 Å². The van der Waals surface area contributed by atoms with Gasteiger partial charge in [0.2, 0.25) is 5.91 Å². The van der Waals surface area contributed by atoms with E-state index in [1.807, 2.05) is 22.9 Å². The van der Waals surface area contributed by atoms with Crippen LogP contribution in [0.2, 0.25) is 0 Å². The lowest BCUT2D eigenvalue weighted by Crippen LogP contribution is -2.30. The predicted octanol–water partition coefficient (Wildman–Crippen LogP) is 2.08. The monoisotopic (exact) mass is 272 g/mol. The Labute approximate surface area is 119 Å². The molecule has 0 atom stereocenters. The summed E-state index contributed by atoms with van der Waals surface area (Å²) in [4.78, 5) is 18.2. The highest BCUT2D eigenvalue weighted by Crippen LogP contribution is 2.15. The van der Waals surface area contributed by atoms with Crippen molar-refractivity contribution in [2.24, 2.45) is 0 Å². The number of aryl methyl sites for hydroxylation is 1. The quantitative estimate of drug-likeness (QED) is 0.848. The normalized spacial score (nSPS) is 10.5. The van der Waals surface area contributed by atoms with Crippen LogP contribution in [-0.2, 0) is 17.8 Å². The molecule has 0 fully saturated rings. The summed E-state index contributed by atoms with van der Waals surface area (Å²) in [6.45, 7) is 2.40. The molecule has 0 bridgehead atoms. The van der Waals surface area contributed by atoms with E-state index in [1.165, 1.54) is 0 Å². The molecule has 2 N–H and O–H groups in total. The molecule has 106 valence electrons. The van der Waals surface area contributed by atoms with Crippen molar-refractivity contribution in [3.8, 4) is 0 Å². The van der Waals surface area contributed by atoms with Crippen molar-refractivity contribution in [1.82, 2.24) is 9.55 Å². The molecule has 0 spiro atoms. The first-order chi connectivity index (χ1) is 9.61. The zero-order chi connectivity index (χ0) is 14.5. The van der Waals surface area contributed by atoms with Gasteiger partial charge in [0.05, 0.1) is 0 Å². The second-order valence-corrected chi connectivity index (χ2v) is 4.77. The van der Waals surface area contributed by atoms with Gasteiger partial charge in [0.1, 0.15) is 12.4 Å². The third kappa shape index (κ3) is 3.17. The molecule has 0 aliphatic rings. The summed E-state index contributed by atoms with van der Waals surface area (Å²) in [7, 11) is 1.77. The maximum absolute atomic E-state index is 12.3. The number of nitrogens with two attached hydrogens (primary N) is 1. The molecular formula is C15H20N4O. The molecule has 20 heavy (non-hydrogen) atoms. The fraction of sp³-hybridized carbons (Fsp3) is 0.333. The number of carbonyl (C=O) groups is 1. The highest BCUT2D eigenvalue weighted by atomic mass is 16.2. The van der Waals surface area contributed by atoms with E-state index in [9.17, 15) is 4.79 Å². The number of hydrogen-bond donors (Lipinski definition) is 1. The van der Waals surface area contributed by atoms with Gasteiger partial charge in [-0.05, 0) is 30.7 Å². The van der Waals surface area contributed by atoms with Gasteiger partial charge < -0.3 is 15.2 Å². The second kappa shape index (κ2) is 6.23. The number of hydrogen-bond acceptors (Lipinski definition) is 3. The summed E-state index contributed by atoms with van der Waals surface area (Å²) in [5.41, 5.74) is 7.17. The molecule has 2 rings (SSSR count). The number of carbonyl (C=O) groups excluding carboxylic acids is 1. The molecule has 0 aliphatic heterocycles. The Hall–Kier alpha value is -2.30. The predicted molar refractivity (Wildman–Crippen MR) is 80.5 cm³/mol. The molecule has 0 unspecified atom stereocenters. The molecule has 1 aromatic carbocycles. The minimum Gasteiger partial charge on any atom is -0.399 e. The number of rotatable bonds is 5. The van der Waals surface area contributed by atoms with E-state index in [0.29, 0.717) is 12.2 Å². The number of nitrogens with zero attached hydrogens (tertiary/aromatic N) is 3. The van der Waals surface area contributed by atoms with Gasteiger partial charge in [0, 0.05) is 37.2 Å². The number of benzene rings is 1. The fourth-order valence-electron chi connectivity index (χ4n) is 2.03. The van der Waals surface area contributed by atoms with Crippen LogP contribution in [0.5, 0.6) is 0 Å². The number of anilines is 2. The third-order valence-electron chi connectivity index (χ3n) is 3.24. The summed E-state index contributed by atoms with van der Waals surface area (Å²) in [5.74, 6) is 0.969. The molecule has 0 radical (unpaired) electrons. The van der Waals surface area contributed by atoms with Crippen molar-refractivity contribution in [2.45, 2.75) is 26.3 Å². The molecule has 1 aromatic heterocycles. The average Bonchev–Trinajstić information content (AvgIpc) is 2.86. The minimum atomic E-state index is 0.0186. The standard InChI is InChI=1S/C15H20N4O/c1-3-4-14-17-9-10-19(14)11-15(20)18(2)13-7-5-12(16)6-8-13/h5-10H,3-4,11,16H2,1-2H3. The van der Waals surface area contributed by atoms with Crippen molar-refractivity contribution in [2.75, 3.05) is 17.7 Å². The number of aromatic nitrogens is 2. The van der Waals surface area contributed by atoms with Gasteiger partial charge in [-0.3, -0.25) is 4.79 Å². The molecule has 5 nitrogen and oxygen atoms in total. The molecule has 2 aromatic rings. The first-order valence-electron chi connectivity index (χ1n) is 6.74. The van der Waals surface area contributed by atoms with Gasteiger partial charge in [-0.15, -0.1) is 0 Å². The van der Waals surface area contributed by atoms with Crippen LogP contribution in [0.3, 0.4) is 0 Å². The second-order valence-electron chi connectivity index (χ2n) is 4.77. The minimum absolute atomic E-state index is 0.0186. The van der Waals surface area contributed by atoms with Crippen molar-refractivity contribution in [3.05, 3.63) is 42.5 Å². The highest BCUT2D eigenvalue weighted by Gasteiger charge is 2.13. The lowest BCUT2D eigenvalue weighted by molar-refractivity contribution is -0.118. The zero-order valence-electron chi connectivity index (χ0n) is 11.9.